The molecule has 1 N–H and O–H groups in total. The van der Waals surface area contributed by atoms with E-state index in [9.17, 15) is 18.5 Å². The SMILES string of the molecule is N#Cc1sccc1-c1c(-c2ccccc2)n(S(=O)(=O)c2ccc(CC(=O)O)cc2)c2ccccc12. The Morgan fingerprint density at radius 3 is 2.31 bits per heavy atom. The van der Waals surface area contributed by atoms with Crippen LogP contribution in [-0.4, -0.2) is 23.5 Å². The van der Waals surface area contributed by atoms with Gasteiger partial charge in [0.15, 0.2) is 0 Å². The monoisotopic (exact) mass is 498 g/mol. The van der Waals surface area contributed by atoms with E-state index in [-0.39, 0.29) is 11.3 Å². The maximum Gasteiger partial charge on any atom is 0.307 e. The second kappa shape index (κ2) is 8.87. The standard InChI is InChI=1S/C27H18N2O4S2/c28-17-24-22(14-15-34-24)26-21-8-4-5-9-23(21)29(27(26)19-6-2-1-3-7-19)35(32,33)20-12-10-18(11-13-20)16-25(30)31/h1-15H,16H2,(H,30,31). The topological polar surface area (TPSA) is 100 Å². The second-order valence-corrected chi connectivity index (χ2v) is 10.6. The Hall–Kier alpha value is -4.19. The molecule has 172 valence electrons. The Labute approximate surface area is 206 Å². The predicted octanol–water partition coefficient (Wildman–Crippen LogP) is 5.77. The van der Waals surface area contributed by atoms with Crippen molar-refractivity contribution in [2.45, 2.75) is 11.3 Å². The molecule has 0 aliphatic heterocycles. The number of carbonyl (C=O) groups is 1. The van der Waals surface area contributed by atoms with Gasteiger partial charge in [-0.05, 0) is 40.8 Å². The molecule has 0 spiro atoms. The van der Waals surface area contributed by atoms with Crippen LogP contribution in [0.25, 0.3) is 33.3 Å². The lowest BCUT2D eigenvalue weighted by Crippen LogP contribution is -2.14. The first-order chi connectivity index (χ1) is 16.9. The number of thiophene rings is 1. The quantitative estimate of drug-likeness (QED) is 0.320. The molecular weight excluding hydrogens is 480 g/mol. The summed E-state index contributed by atoms with van der Waals surface area (Å²) in [5, 5.41) is 21.3. The molecular formula is C27H18N2O4S2. The van der Waals surface area contributed by atoms with E-state index in [1.165, 1.54) is 39.6 Å². The molecule has 5 rings (SSSR count). The van der Waals surface area contributed by atoms with Gasteiger partial charge in [-0.3, -0.25) is 4.79 Å². The van der Waals surface area contributed by atoms with Gasteiger partial charge < -0.3 is 5.11 Å². The fourth-order valence-corrected chi connectivity index (χ4v) is 6.48. The van der Waals surface area contributed by atoms with Gasteiger partial charge in [-0.1, -0.05) is 60.7 Å². The summed E-state index contributed by atoms with van der Waals surface area (Å²) in [4.78, 5) is 11.6. The third-order valence-electron chi connectivity index (χ3n) is 5.73. The Morgan fingerprint density at radius 1 is 0.943 bits per heavy atom. The lowest BCUT2D eigenvalue weighted by molar-refractivity contribution is -0.136. The molecule has 0 bridgehead atoms. The minimum Gasteiger partial charge on any atom is -0.481 e. The molecule has 6 nitrogen and oxygen atoms in total. The van der Waals surface area contributed by atoms with Crippen LogP contribution in [0.2, 0.25) is 0 Å². The molecule has 0 saturated heterocycles. The number of benzene rings is 3. The predicted molar refractivity (Wildman–Crippen MR) is 136 cm³/mol. The maximum atomic E-state index is 14.1. The lowest BCUT2D eigenvalue weighted by atomic mass is 9.99. The summed E-state index contributed by atoms with van der Waals surface area (Å²) >= 11 is 1.31. The summed E-state index contributed by atoms with van der Waals surface area (Å²) in [6.45, 7) is 0. The van der Waals surface area contributed by atoms with Gasteiger partial charge in [-0.25, -0.2) is 12.4 Å². The highest BCUT2D eigenvalue weighted by molar-refractivity contribution is 7.90. The van der Waals surface area contributed by atoms with Crippen molar-refractivity contribution in [3.8, 4) is 28.5 Å². The smallest absolute Gasteiger partial charge is 0.307 e. The zero-order chi connectivity index (χ0) is 24.6. The van der Waals surface area contributed by atoms with Crippen LogP contribution in [0.4, 0.5) is 0 Å². The third kappa shape index (κ3) is 3.91. The minimum absolute atomic E-state index is 0.0435. The summed E-state index contributed by atoms with van der Waals surface area (Å²) in [6, 6.07) is 26.4. The van der Waals surface area contributed by atoms with Crippen LogP contribution in [0.1, 0.15) is 10.4 Å². The van der Waals surface area contributed by atoms with E-state index in [0.29, 0.717) is 43.7 Å². The zero-order valence-corrected chi connectivity index (χ0v) is 19.9. The molecule has 35 heavy (non-hydrogen) atoms. The van der Waals surface area contributed by atoms with Gasteiger partial charge in [0.1, 0.15) is 10.9 Å². The maximum absolute atomic E-state index is 14.1. The Kier molecular flexibility index (Phi) is 5.73. The number of rotatable bonds is 6. The van der Waals surface area contributed by atoms with E-state index in [2.05, 4.69) is 6.07 Å². The van der Waals surface area contributed by atoms with E-state index in [1.807, 2.05) is 53.9 Å². The van der Waals surface area contributed by atoms with Gasteiger partial charge in [0.25, 0.3) is 10.0 Å². The minimum atomic E-state index is -4.09. The van der Waals surface area contributed by atoms with Gasteiger partial charge in [0, 0.05) is 16.5 Å². The van der Waals surface area contributed by atoms with Gasteiger partial charge >= 0.3 is 5.97 Å². The van der Waals surface area contributed by atoms with Crippen molar-refractivity contribution in [3.63, 3.8) is 0 Å². The molecule has 0 unspecified atom stereocenters. The van der Waals surface area contributed by atoms with Crippen molar-refractivity contribution in [1.29, 1.82) is 5.26 Å². The highest BCUT2D eigenvalue weighted by atomic mass is 32.2. The molecule has 2 heterocycles. The van der Waals surface area contributed by atoms with Gasteiger partial charge in [-0.15, -0.1) is 11.3 Å². The average molecular weight is 499 g/mol. The molecule has 0 aliphatic carbocycles. The number of aromatic nitrogens is 1. The van der Waals surface area contributed by atoms with Crippen molar-refractivity contribution in [2.75, 3.05) is 0 Å². The summed E-state index contributed by atoms with van der Waals surface area (Å²) in [5.41, 5.74) is 3.52. The molecule has 8 heteroatoms. The molecule has 0 aliphatic rings. The number of nitrogens with zero attached hydrogens (tertiary/aromatic N) is 2. The fraction of sp³-hybridized carbons (Fsp3) is 0.0370. The molecule has 5 aromatic rings. The molecule has 0 atom stereocenters. The first kappa shape index (κ1) is 22.6. The van der Waals surface area contributed by atoms with E-state index in [1.54, 1.807) is 12.1 Å². The average Bonchev–Trinajstić information content (AvgIpc) is 3.46. The van der Waals surface area contributed by atoms with Crippen LogP contribution in [0.3, 0.4) is 0 Å². The van der Waals surface area contributed by atoms with Crippen LogP contribution in [0.15, 0.2) is 95.2 Å². The summed E-state index contributed by atoms with van der Waals surface area (Å²) < 4.78 is 29.5. The van der Waals surface area contributed by atoms with Crippen LogP contribution >= 0.6 is 11.3 Å². The Bertz CT molecular complexity index is 1710. The summed E-state index contributed by atoms with van der Waals surface area (Å²) in [7, 11) is -4.09. The number of fused-ring (bicyclic) bond motifs is 1. The van der Waals surface area contributed by atoms with Crippen molar-refractivity contribution >= 4 is 38.2 Å². The first-order valence-corrected chi connectivity index (χ1v) is 13.0. The zero-order valence-electron chi connectivity index (χ0n) is 18.3. The number of aliphatic carboxylic acids is 1. The van der Waals surface area contributed by atoms with Crippen molar-refractivity contribution in [3.05, 3.63) is 101 Å². The van der Waals surface area contributed by atoms with E-state index < -0.39 is 16.0 Å². The highest BCUT2D eigenvalue weighted by Gasteiger charge is 2.29. The van der Waals surface area contributed by atoms with E-state index in [4.69, 9.17) is 5.11 Å². The Balaban J connectivity index is 1.86. The third-order valence-corrected chi connectivity index (χ3v) is 8.28. The van der Waals surface area contributed by atoms with E-state index >= 15 is 0 Å². The molecule has 0 radical (unpaired) electrons. The number of carboxylic acids is 1. The second-order valence-electron chi connectivity index (χ2n) is 7.87. The fourth-order valence-electron chi connectivity index (χ4n) is 4.24. The largest absolute Gasteiger partial charge is 0.481 e. The molecule has 0 amide bonds. The number of carboxylic acid groups (broad SMARTS) is 1. The lowest BCUT2D eigenvalue weighted by Gasteiger charge is -2.14. The van der Waals surface area contributed by atoms with Crippen LogP contribution in [0.5, 0.6) is 0 Å². The van der Waals surface area contributed by atoms with Gasteiger partial charge in [0.2, 0.25) is 0 Å². The van der Waals surface area contributed by atoms with Gasteiger partial charge in [-0.2, -0.15) is 5.26 Å². The summed E-state index contributed by atoms with van der Waals surface area (Å²) in [6.07, 6.45) is -0.193. The molecule has 0 saturated carbocycles. The van der Waals surface area contributed by atoms with Crippen LogP contribution < -0.4 is 0 Å². The number of hydrogen-bond acceptors (Lipinski definition) is 5. The van der Waals surface area contributed by atoms with E-state index in [0.717, 1.165) is 0 Å². The molecule has 3 aromatic carbocycles. The number of nitriles is 1. The van der Waals surface area contributed by atoms with Crippen molar-refractivity contribution in [1.82, 2.24) is 3.97 Å². The first-order valence-electron chi connectivity index (χ1n) is 10.6. The van der Waals surface area contributed by atoms with Crippen molar-refractivity contribution in [2.24, 2.45) is 0 Å². The molecule has 2 aromatic heterocycles. The van der Waals surface area contributed by atoms with Crippen LogP contribution in [-0.2, 0) is 21.2 Å². The van der Waals surface area contributed by atoms with Crippen molar-refractivity contribution < 1.29 is 18.3 Å². The van der Waals surface area contributed by atoms with Crippen LogP contribution in [0, 0.1) is 11.3 Å². The normalized spacial score (nSPS) is 11.4. The number of hydrogen-bond donors (Lipinski definition) is 1. The molecule has 0 fully saturated rings. The highest BCUT2D eigenvalue weighted by Crippen LogP contribution is 2.44. The number of para-hydroxylation sites is 1. The summed E-state index contributed by atoms with van der Waals surface area (Å²) in [5.74, 6) is -0.989. The van der Waals surface area contributed by atoms with Gasteiger partial charge in [0.05, 0.1) is 22.5 Å². The Morgan fingerprint density at radius 2 is 1.63 bits per heavy atom.